The van der Waals surface area contributed by atoms with Crippen molar-refractivity contribution in [3.05, 3.63) is 77.9 Å². The van der Waals surface area contributed by atoms with Gasteiger partial charge >= 0.3 is 0 Å². The molecule has 0 aliphatic rings. The molecule has 1 heterocycles. The molecule has 3 aromatic carbocycles. The van der Waals surface area contributed by atoms with Crippen molar-refractivity contribution in [1.82, 2.24) is 10.2 Å². The maximum absolute atomic E-state index is 5.91. The van der Waals surface area contributed by atoms with Gasteiger partial charge in [-0.1, -0.05) is 98.4 Å². The van der Waals surface area contributed by atoms with Crippen LogP contribution < -0.4 is 4.74 Å². The number of aromatic nitrogens is 2. The summed E-state index contributed by atoms with van der Waals surface area (Å²) in [5.74, 6) is 0.920. The minimum absolute atomic E-state index is 0.784. The molecule has 0 fully saturated rings. The Bertz CT molecular complexity index is 1180. The smallest absolute Gasteiger partial charge is 0.148 e. The minimum Gasteiger partial charge on any atom is -0.494 e. The number of unbranched alkanes of at least 4 members (excludes halogenated alkanes) is 5. The minimum atomic E-state index is 0.784. The van der Waals surface area contributed by atoms with Gasteiger partial charge in [0.15, 0.2) is 0 Å². The van der Waals surface area contributed by atoms with E-state index in [0.717, 1.165) is 39.9 Å². The summed E-state index contributed by atoms with van der Waals surface area (Å²) in [6.07, 6.45) is 7.65. The first-order valence-corrected chi connectivity index (χ1v) is 13.2. The molecule has 0 aliphatic heterocycles. The summed E-state index contributed by atoms with van der Waals surface area (Å²) in [6, 6.07) is 23.4. The topological polar surface area (TPSA) is 35.0 Å². The van der Waals surface area contributed by atoms with Crippen LogP contribution in [0.4, 0.5) is 0 Å². The lowest BCUT2D eigenvalue weighted by atomic mass is 9.98. The number of benzene rings is 3. The standard InChI is InChI=1S/C30H34N2OS/c1-4-5-6-7-8-9-20-33-27-18-16-26(17-19-27)30-32-31-29(34-30)25-14-12-24(13-15-25)28-21-22(2)10-11-23(28)3/h10-19,21H,4-9,20H2,1-3H3. The van der Waals surface area contributed by atoms with Crippen LogP contribution in [-0.2, 0) is 0 Å². The Balaban J connectivity index is 1.35. The average molecular weight is 471 g/mol. The van der Waals surface area contributed by atoms with E-state index in [0.29, 0.717) is 0 Å². The fourth-order valence-electron chi connectivity index (χ4n) is 4.06. The summed E-state index contributed by atoms with van der Waals surface area (Å²) in [5.41, 5.74) is 7.24. The van der Waals surface area contributed by atoms with Gasteiger partial charge in [-0.2, -0.15) is 0 Å². The van der Waals surface area contributed by atoms with E-state index >= 15 is 0 Å². The molecule has 0 amide bonds. The largest absolute Gasteiger partial charge is 0.494 e. The van der Waals surface area contributed by atoms with E-state index in [1.807, 2.05) is 12.1 Å². The van der Waals surface area contributed by atoms with Crippen molar-refractivity contribution >= 4 is 11.3 Å². The Morgan fingerprint density at radius 2 is 1.26 bits per heavy atom. The first-order chi connectivity index (χ1) is 16.6. The highest BCUT2D eigenvalue weighted by molar-refractivity contribution is 7.17. The fourth-order valence-corrected chi connectivity index (χ4v) is 4.92. The van der Waals surface area contributed by atoms with Crippen LogP contribution in [-0.4, -0.2) is 16.8 Å². The van der Waals surface area contributed by atoms with Gasteiger partial charge in [-0.15, -0.1) is 10.2 Å². The molecule has 0 unspecified atom stereocenters. The number of ether oxygens (including phenoxy) is 1. The van der Waals surface area contributed by atoms with E-state index in [4.69, 9.17) is 4.74 Å². The van der Waals surface area contributed by atoms with Gasteiger partial charge < -0.3 is 4.74 Å². The van der Waals surface area contributed by atoms with Gasteiger partial charge in [0.1, 0.15) is 15.8 Å². The van der Waals surface area contributed by atoms with Gasteiger partial charge in [0.2, 0.25) is 0 Å². The number of hydrogen-bond acceptors (Lipinski definition) is 4. The lowest BCUT2D eigenvalue weighted by Crippen LogP contribution is -1.97. The van der Waals surface area contributed by atoms with Crippen LogP contribution >= 0.6 is 11.3 Å². The molecule has 0 atom stereocenters. The van der Waals surface area contributed by atoms with Crippen LogP contribution in [0.25, 0.3) is 32.3 Å². The monoisotopic (exact) mass is 470 g/mol. The summed E-state index contributed by atoms with van der Waals surface area (Å²) >= 11 is 1.62. The predicted molar refractivity (Wildman–Crippen MR) is 145 cm³/mol. The molecular weight excluding hydrogens is 436 g/mol. The lowest BCUT2D eigenvalue weighted by molar-refractivity contribution is 0.304. The Labute approximate surface area is 207 Å². The van der Waals surface area contributed by atoms with Crippen LogP contribution in [0.5, 0.6) is 5.75 Å². The third kappa shape index (κ3) is 6.32. The van der Waals surface area contributed by atoms with E-state index < -0.39 is 0 Å². The first-order valence-electron chi connectivity index (χ1n) is 12.4. The van der Waals surface area contributed by atoms with Crippen molar-refractivity contribution < 1.29 is 4.74 Å². The Morgan fingerprint density at radius 3 is 1.94 bits per heavy atom. The molecule has 34 heavy (non-hydrogen) atoms. The van der Waals surface area contributed by atoms with Crippen LogP contribution in [0, 0.1) is 13.8 Å². The zero-order valence-electron chi connectivity index (χ0n) is 20.5. The maximum atomic E-state index is 5.91. The molecule has 0 aliphatic carbocycles. The average Bonchev–Trinajstić information content (AvgIpc) is 3.36. The van der Waals surface area contributed by atoms with Crippen LogP contribution in [0.15, 0.2) is 66.7 Å². The lowest BCUT2D eigenvalue weighted by Gasteiger charge is -2.08. The third-order valence-corrected chi connectivity index (χ3v) is 7.15. The molecule has 0 saturated carbocycles. The van der Waals surface area contributed by atoms with Crippen molar-refractivity contribution in [3.8, 4) is 38.0 Å². The Hall–Kier alpha value is -2.98. The highest BCUT2D eigenvalue weighted by atomic mass is 32.1. The Morgan fingerprint density at radius 1 is 0.676 bits per heavy atom. The SMILES string of the molecule is CCCCCCCCOc1ccc(-c2nnc(-c3ccc(-c4cc(C)ccc4C)cc3)s2)cc1. The van der Waals surface area contributed by atoms with Crippen molar-refractivity contribution in [1.29, 1.82) is 0 Å². The van der Waals surface area contributed by atoms with E-state index in [9.17, 15) is 0 Å². The molecule has 176 valence electrons. The molecule has 4 heteroatoms. The normalized spacial score (nSPS) is 11.0. The molecule has 0 spiro atoms. The highest BCUT2D eigenvalue weighted by Gasteiger charge is 2.10. The molecule has 0 bridgehead atoms. The first kappa shape index (κ1) is 24.2. The molecule has 0 radical (unpaired) electrons. The summed E-state index contributed by atoms with van der Waals surface area (Å²) < 4.78 is 5.91. The fraction of sp³-hybridized carbons (Fsp3) is 0.333. The maximum Gasteiger partial charge on any atom is 0.148 e. The Kier molecular flexibility index (Phi) is 8.48. The highest BCUT2D eigenvalue weighted by Crippen LogP contribution is 2.32. The molecule has 4 rings (SSSR count). The number of nitrogens with zero attached hydrogens (tertiary/aromatic N) is 2. The van der Waals surface area contributed by atoms with E-state index in [1.54, 1.807) is 11.3 Å². The van der Waals surface area contributed by atoms with Crippen molar-refractivity contribution in [2.24, 2.45) is 0 Å². The third-order valence-electron chi connectivity index (χ3n) is 6.13. The van der Waals surface area contributed by atoms with Gasteiger partial charge in [-0.05, 0) is 61.2 Å². The predicted octanol–water partition coefficient (Wildman–Crippen LogP) is 8.90. The number of rotatable bonds is 11. The summed E-state index contributed by atoms with van der Waals surface area (Å²) in [4.78, 5) is 0. The molecular formula is C30H34N2OS. The van der Waals surface area contributed by atoms with E-state index in [-0.39, 0.29) is 0 Å². The summed E-state index contributed by atoms with van der Waals surface area (Å²) in [7, 11) is 0. The van der Waals surface area contributed by atoms with Gasteiger partial charge in [-0.3, -0.25) is 0 Å². The van der Waals surface area contributed by atoms with Crippen molar-refractivity contribution in [2.75, 3.05) is 6.61 Å². The van der Waals surface area contributed by atoms with E-state index in [2.05, 4.69) is 85.6 Å². The summed E-state index contributed by atoms with van der Waals surface area (Å²) in [6.45, 7) is 7.32. The van der Waals surface area contributed by atoms with Gasteiger partial charge in [0, 0.05) is 11.1 Å². The second kappa shape index (κ2) is 11.9. The number of aryl methyl sites for hydroxylation is 2. The van der Waals surface area contributed by atoms with Crippen molar-refractivity contribution in [2.45, 2.75) is 59.3 Å². The van der Waals surface area contributed by atoms with E-state index in [1.165, 1.54) is 54.4 Å². The molecule has 0 saturated heterocycles. The second-order valence-corrected chi connectivity index (χ2v) is 9.93. The van der Waals surface area contributed by atoms with Crippen molar-refractivity contribution in [3.63, 3.8) is 0 Å². The summed E-state index contributed by atoms with van der Waals surface area (Å²) in [5, 5.41) is 10.7. The molecule has 1 aromatic heterocycles. The zero-order valence-corrected chi connectivity index (χ0v) is 21.3. The molecule has 3 nitrogen and oxygen atoms in total. The van der Waals surface area contributed by atoms with Gasteiger partial charge in [0.25, 0.3) is 0 Å². The second-order valence-electron chi connectivity index (χ2n) is 8.95. The molecule has 0 N–H and O–H groups in total. The van der Waals surface area contributed by atoms with Crippen LogP contribution in [0.1, 0.15) is 56.6 Å². The quantitative estimate of drug-likeness (QED) is 0.205. The van der Waals surface area contributed by atoms with Gasteiger partial charge in [0.05, 0.1) is 6.61 Å². The zero-order chi connectivity index (χ0) is 23.8. The number of hydrogen-bond donors (Lipinski definition) is 0. The van der Waals surface area contributed by atoms with Gasteiger partial charge in [-0.25, -0.2) is 0 Å². The van der Waals surface area contributed by atoms with Crippen LogP contribution in [0.2, 0.25) is 0 Å². The van der Waals surface area contributed by atoms with Crippen LogP contribution in [0.3, 0.4) is 0 Å². The molecule has 4 aromatic rings.